The normalized spacial score (nSPS) is 18.4. The van der Waals surface area contributed by atoms with Crippen LogP contribution in [0.15, 0.2) is 12.2 Å². The van der Waals surface area contributed by atoms with Gasteiger partial charge in [-0.15, -0.1) is 0 Å². The highest BCUT2D eigenvalue weighted by Gasteiger charge is 2.31. The van der Waals surface area contributed by atoms with Gasteiger partial charge in [0, 0.05) is 31.2 Å². The van der Waals surface area contributed by atoms with Crippen molar-refractivity contribution in [3.05, 3.63) is 12.2 Å². The van der Waals surface area contributed by atoms with Crippen LogP contribution in [0.4, 0.5) is 0 Å². The second kappa shape index (κ2) is 26.2. The van der Waals surface area contributed by atoms with E-state index in [1.165, 1.54) is 17.1 Å². The quantitative estimate of drug-likeness (QED) is 0.0838. The van der Waals surface area contributed by atoms with Crippen LogP contribution in [-0.2, 0) is 52.3 Å². The first-order valence-corrected chi connectivity index (χ1v) is 15.7. The largest absolute Gasteiger partial charge is 0.394 e. The summed E-state index contributed by atoms with van der Waals surface area (Å²) < 4.78 is 43.1. The van der Waals surface area contributed by atoms with E-state index in [2.05, 4.69) is 5.32 Å². The molecule has 0 radical (unpaired) electrons. The van der Waals surface area contributed by atoms with Crippen molar-refractivity contribution >= 4 is 17.7 Å². The fourth-order valence-corrected chi connectivity index (χ4v) is 4.57. The molecule has 0 bridgehead atoms. The summed E-state index contributed by atoms with van der Waals surface area (Å²) >= 11 is 0. The summed E-state index contributed by atoms with van der Waals surface area (Å²) in [5.74, 6) is -0.234. The molecule has 0 aromatic rings. The molecule has 0 saturated heterocycles. The lowest BCUT2D eigenvalue weighted by atomic mass is 9.81. The number of nitrogens with zero attached hydrogens (tertiary/aromatic N) is 1. The van der Waals surface area contributed by atoms with Gasteiger partial charge in [-0.2, -0.15) is 0 Å². The van der Waals surface area contributed by atoms with E-state index in [1.54, 1.807) is 0 Å². The first-order valence-electron chi connectivity index (χ1n) is 15.7. The smallest absolute Gasteiger partial charge is 0.253 e. The minimum atomic E-state index is -0.245. The number of hydrogen-bond donors (Lipinski definition) is 2. The molecule has 1 heterocycles. The molecule has 0 unspecified atom stereocenters. The Morgan fingerprint density at radius 2 is 0.977 bits per heavy atom. The summed E-state index contributed by atoms with van der Waals surface area (Å²) in [6, 6.07) is 0. The number of carbonyl (C=O) groups is 3. The van der Waals surface area contributed by atoms with Gasteiger partial charge in [-0.3, -0.25) is 19.3 Å². The SMILES string of the molecule is O=C(NCCOCCOCCOCCOCCOCCOCCOCCOCCO)C1CCC(CN2C(=O)C=CC2=O)CC1. The van der Waals surface area contributed by atoms with Crippen LogP contribution in [0.1, 0.15) is 25.7 Å². The van der Waals surface area contributed by atoms with Crippen LogP contribution >= 0.6 is 0 Å². The number of hydrogen-bond acceptors (Lipinski definition) is 12. The third-order valence-electron chi connectivity index (χ3n) is 6.94. The van der Waals surface area contributed by atoms with Crippen LogP contribution in [0.3, 0.4) is 0 Å². The second-order valence-corrected chi connectivity index (χ2v) is 10.3. The molecule has 254 valence electrons. The number of imide groups is 1. The number of aliphatic hydroxyl groups excluding tert-OH is 1. The molecule has 0 aromatic heterocycles. The highest BCUT2D eigenvalue weighted by molar-refractivity contribution is 6.12. The van der Waals surface area contributed by atoms with Crippen molar-refractivity contribution < 1.29 is 57.4 Å². The van der Waals surface area contributed by atoms with Crippen LogP contribution in [0.5, 0.6) is 0 Å². The van der Waals surface area contributed by atoms with Gasteiger partial charge in [0.2, 0.25) is 5.91 Å². The van der Waals surface area contributed by atoms with Gasteiger partial charge in [0.1, 0.15) is 0 Å². The molecule has 2 aliphatic rings. The zero-order valence-electron chi connectivity index (χ0n) is 26.0. The minimum Gasteiger partial charge on any atom is -0.394 e. The fraction of sp³-hybridized carbons (Fsp3) is 0.833. The Hall–Kier alpha value is -2.01. The van der Waals surface area contributed by atoms with E-state index >= 15 is 0 Å². The van der Waals surface area contributed by atoms with Crippen LogP contribution in [0.2, 0.25) is 0 Å². The summed E-state index contributed by atoms with van der Waals surface area (Å²) in [5.41, 5.74) is 0. The van der Waals surface area contributed by atoms with Crippen molar-refractivity contribution in [1.29, 1.82) is 0 Å². The first-order chi connectivity index (χ1) is 21.6. The molecule has 1 saturated carbocycles. The lowest BCUT2D eigenvalue weighted by molar-refractivity contribution is -0.138. The Kier molecular flexibility index (Phi) is 22.8. The Morgan fingerprint density at radius 1 is 0.614 bits per heavy atom. The Bertz CT molecular complexity index is 774. The summed E-state index contributed by atoms with van der Waals surface area (Å²) in [6.45, 7) is 8.30. The van der Waals surface area contributed by atoms with Gasteiger partial charge >= 0.3 is 0 Å². The molecule has 3 amide bonds. The predicted octanol–water partition coefficient (Wildman–Crippen LogP) is -0.0409. The van der Waals surface area contributed by atoms with Gasteiger partial charge in [-0.05, 0) is 31.6 Å². The number of amides is 3. The van der Waals surface area contributed by atoms with Gasteiger partial charge in [0.15, 0.2) is 0 Å². The topological polar surface area (TPSA) is 161 Å². The van der Waals surface area contributed by atoms with Crippen LogP contribution in [0.25, 0.3) is 0 Å². The molecule has 2 rings (SSSR count). The summed E-state index contributed by atoms with van der Waals surface area (Å²) in [5, 5.41) is 11.5. The molecule has 0 aromatic carbocycles. The van der Waals surface area contributed by atoms with Crippen molar-refractivity contribution in [3.63, 3.8) is 0 Å². The number of aliphatic hydroxyl groups is 1. The van der Waals surface area contributed by atoms with Gasteiger partial charge < -0.3 is 48.3 Å². The van der Waals surface area contributed by atoms with Gasteiger partial charge in [0.25, 0.3) is 11.8 Å². The van der Waals surface area contributed by atoms with Crippen LogP contribution in [0, 0.1) is 11.8 Å². The van der Waals surface area contributed by atoms with Crippen LogP contribution < -0.4 is 5.32 Å². The molecule has 14 nitrogen and oxygen atoms in total. The molecule has 2 N–H and O–H groups in total. The maximum Gasteiger partial charge on any atom is 0.253 e. The monoisotopic (exact) mass is 632 g/mol. The molecule has 1 aliphatic heterocycles. The third kappa shape index (κ3) is 18.7. The number of ether oxygens (including phenoxy) is 8. The molecule has 14 heteroatoms. The van der Waals surface area contributed by atoms with Crippen molar-refractivity contribution in [2.45, 2.75) is 25.7 Å². The van der Waals surface area contributed by atoms with Gasteiger partial charge in [-0.1, -0.05) is 0 Å². The highest BCUT2D eigenvalue weighted by Crippen LogP contribution is 2.30. The highest BCUT2D eigenvalue weighted by atomic mass is 16.6. The lowest BCUT2D eigenvalue weighted by Gasteiger charge is -2.30. The molecular weight excluding hydrogens is 580 g/mol. The summed E-state index contributed by atoms with van der Waals surface area (Å²) in [4.78, 5) is 37.2. The predicted molar refractivity (Wildman–Crippen MR) is 158 cm³/mol. The average Bonchev–Trinajstić information content (AvgIpc) is 3.35. The Balaban J connectivity index is 1.24. The molecular formula is C30H52N2O12. The standard InChI is InChI=1S/C30H52N2O12/c33-8-10-38-12-14-40-16-18-42-20-22-44-24-23-43-21-19-41-17-15-39-13-11-37-9-7-31-30(36)27-3-1-26(2-4-27)25-32-28(34)5-6-29(32)35/h5-6,26-27,33H,1-4,7-25H2,(H,31,36). The van der Waals surface area contributed by atoms with Gasteiger partial charge in [-0.25, -0.2) is 0 Å². The molecule has 44 heavy (non-hydrogen) atoms. The molecule has 0 atom stereocenters. The van der Waals surface area contributed by atoms with E-state index < -0.39 is 0 Å². The minimum absolute atomic E-state index is 0.0178. The van der Waals surface area contributed by atoms with E-state index in [9.17, 15) is 14.4 Å². The van der Waals surface area contributed by atoms with E-state index in [-0.39, 0.29) is 36.2 Å². The van der Waals surface area contributed by atoms with E-state index in [1.807, 2.05) is 0 Å². The van der Waals surface area contributed by atoms with Gasteiger partial charge in [0.05, 0.1) is 112 Å². The zero-order chi connectivity index (χ0) is 31.5. The second-order valence-electron chi connectivity index (χ2n) is 10.3. The Morgan fingerprint density at radius 3 is 1.36 bits per heavy atom. The van der Waals surface area contributed by atoms with E-state index in [0.29, 0.717) is 119 Å². The van der Waals surface area contributed by atoms with Crippen molar-refractivity contribution in [2.75, 3.05) is 125 Å². The maximum atomic E-state index is 12.4. The third-order valence-corrected chi connectivity index (χ3v) is 6.94. The average molecular weight is 633 g/mol. The summed E-state index contributed by atoms with van der Waals surface area (Å²) in [7, 11) is 0. The van der Waals surface area contributed by atoms with Crippen molar-refractivity contribution in [1.82, 2.24) is 10.2 Å². The van der Waals surface area contributed by atoms with E-state index in [4.69, 9.17) is 43.0 Å². The first kappa shape index (κ1) is 38.2. The number of rotatable bonds is 29. The molecule has 1 aliphatic carbocycles. The molecule has 0 spiro atoms. The van der Waals surface area contributed by atoms with Crippen molar-refractivity contribution in [2.24, 2.45) is 11.8 Å². The zero-order valence-corrected chi connectivity index (χ0v) is 26.0. The van der Waals surface area contributed by atoms with Crippen LogP contribution in [-0.4, -0.2) is 153 Å². The number of carbonyl (C=O) groups excluding carboxylic acids is 3. The summed E-state index contributed by atoms with van der Waals surface area (Å²) in [6.07, 6.45) is 5.80. The van der Waals surface area contributed by atoms with E-state index in [0.717, 1.165) is 25.7 Å². The maximum absolute atomic E-state index is 12.4. The lowest BCUT2D eigenvalue weighted by Crippen LogP contribution is -2.39. The van der Waals surface area contributed by atoms with Crippen molar-refractivity contribution in [3.8, 4) is 0 Å². The number of nitrogens with one attached hydrogen (secondary N) is 1. The molecule has 1 fully saturated rings. The fourth-order valence-electron chi connectivity index (χ4n) is 4.57. The Labute approximate surface area is 260 Å².